The van der Waals surface area contributed by atoms with Crippen molar-refractivity contribution >= 4 is 52.4 Å². The van der Waals surface area contributed by atoms with Crippen molar-refractivity contribution in [3.05, 3.63) is 72.9 Å². The number of carbonyl (C=O) groups excluding carboxylic acids is 2. The molecule has 1 aliphatic rings. The van der Waals surface area contributed by atoms with Crippen LogP contribution in [0.15, 0.2) is 52.3 Å². The summed E-state index contributed by atoms with van der Waals surface area (Å²) in [7, 11) is 1.22. The molecule has 3 rings (SSSR count). The lowest BCUT2D eigenvalue weighted by Crippen LogP contribution is -2.35. The van der Waals surface area contributed by atoms with Crippen LogP contribution in [-0.2, 0) is 30.3 Å². The predicted molar refractivity (Wildman–Crippen MR) is 128 cm³/mol. The standard InChI is InChI=1S/C23H22Cl2N2O6S/c1-3-33-23(31)20-15(11-17(28)29)27-14(7-8-16-26-9-10-34-16)19(22(30)32-2)21(20)18-12(24)5-4-6-13(18)25/h4-6,9-10,21,27H,3,7-8,11H2,1-2H3,(H,28,29). The van der Waals surface area contributed by atoms with E-state index in [1.807, 2.05) is 5.38 Å². The zero-order valence-electron chi connectivity index (χ0n) is 18.4. The minimum atomic E-state index is -1.17. The van der Waals surface area contributed by atoms with Crippen molar-refractivity contribution in [2.24, 2.45) is 0 Å². The number of benzene rings is 1. The van der Waals surface area contributed by atoms with Gasteiger partial charge in [0.2, 0.25) is 0 Å². The number of rotatable bonds is 9. The van der Waals surface area contributed by atoms with E-state index < -0.39 is 30.2 Å². The number of methoxy groups -OCH3 is 1. The van der Waals surface area contributed by atoms with Gasteiger partial charge in [0.1, 0.15) is 0 Å². The zero-order chi connectivity index (χ0) is 24.8. The van der Waals surface area contributed by atoms with Crippen molar-refractivity contribution in [3.8, 4) is 0 Å². The normalized spacial score (nSPS) is 15.7. The number of hydrogen-bond donors (Lipinski definition) is 2. The fraction of sp³-hybridized carbons (Fsp3) is 0.304. The number of hydrogen-bond acceptors (Lipinski definition) is 8. The molecule has 0 fully saturated rings. The molecule has 8 nitrogen and oxygen atoms in total. The Morgan fingerprint density at radius 2 is 1.79 bits per heavy atom. The van der Waals surface area contributed by atoms with Crippen LogP contribution in [0.3, 0.4) is 0 Å². The van der Waals surface area contributed by atoms with Gasteiger partial charge in [-0.25, -0.2) is 14.6 Å². The van der Waals surface area contributed by atoms with Gasteiger partial charge < -0.3 is 19.9 Å². The van der Waals surface area contributed by atoms with Gasteiger partial charge in [-0.05, 0) is 25.5 Å². The molecule has 0 spiro atoms. The van der Waals surface area contributed by atoms with Crippen molar-refractivity contribution in [1.82, 2.24) is 10.3 Å². The van der Waals surface area contributed by atoms with Crippen LogP contribution in [0.4, 0.5) is 0 Å². The molecule has 1 aromatic carbocycles. The van der Waals surface area contributed by atoms with Crippen molar-refractivity contribution in [2.75, 3.05) is 13.7 Å². The highest BCUT2D eigenvalue weighted by Crippen LogP contribution is 2.45. The Hall–Kier alpha value is -2.88. The molecule has 1 unspecified atom stereocenters. The van der Waals surface area contributed by atoms with Gasteiger partial charge in [0.15, 0.2) is 0 Å². The van der Waals surface area contributed by atoms with E-state index in [4.69, 9.17) is 32.7 Å². The van der Waals surface area contributed by atoms with Crippen LogP contribution in [0.1, 0.15) is 36.3 Å². The maximum absolute atomic E-state index is 13.1. The number of carboxylic acid groups (broad SMARTS) is 1. The first-order valence-electron chi connectivity index (χ1n) is 10.3. The average molecular weight is 525 g/mol. The molecule has 180 valence electrons. The SMILES string of the molecule is CCOC(=O)C1=C(CC(=O)O)NC(CCc2nccs2)=C(C(=O)OC)C1c1c(Cl)cccc1Cl. The fourth-order valence-corrected chi connectivity index (χ4v) is 5.02. The van der Waals surface area contributed by atoms with Gasteiger partial charge in [-0.2, -0.15) is 0 Å². The van der Waals surface area contributed by atoms with Crippen LogP contribution in [0.2, 0.25) is 10.0 Å². The number of esters is 2. The van der Waals surface area contributed by atoms with Crippen molar-refractivity contribution < 1.29 is 29.0 Å². The number of aryl methyl sites for hydroxylation is 1. The summed E-state index contributed by atoms with van der Waals surface area (Å²) in [5.41, 5.74) is 0.815. The highest BCUT2D eigenvalue weighted by molar-refractivity contribution is 7.09. The fourth-order valence-electron chi connectivity index (χ4n) is 3.78. The Bertz CT molecular complexity index is 1140. The number of aliphatic carboxylic acids is 1. The number of dihydropyridines is 1. The van der Waals surface area contributed by atoms with E-state index in [1.54, 1.807) is 31.3 Å². The molecular weight excluding hydrogens is 503 g/mol. The third kappa shape index (κ3) is 5.60. The van der Waals surface area contributed by atoms with E-state index in [9.17, 15) is 19.5 Å². The van der Waals surface area contributed by atoms with Gasteiger partial charge in [-0.3, -0.25) is 4.79 Å². The Morgan fingerprint density at radius 1 is 1.12 bits per heavy atom. The first kappa shape index (κ1) is 25.7. The molecule has 34 heavy (non-hydrogen) atoms. The van der Waals surface area contributed by atoms with Gasteiger partial charge in [-0.15, -0.1) is 11.3 Å². The third-order valence-electron chi connectivity index (χ3n) is 5.12. The number of carboxylic acids is 1. The number of carbonyl (C=O) groups is 3. The smallest absolute Gasteiger partial charge is 0.336 e. The van der Waals surface area contributed by atoms with Crippen LogP contribution >= 0.6 is 34.5 Å². The van der Waals surface area contributed by atoms with E-state index in [-0.39, 0.29) is 39.1 Å². The second-order valence-corrected chi connectivity index (χ2v) is 8.98. The van der Waals surface area contributed by atoms with Crippen LogP contribution in [-0.4, -0.2) is 41.7 Å². The monoisotopic (exact) mass is 524 g/mol. The number of aromatic nitrogens is 1. The first-order chi connectivity index (χ1) is 16.3. The molecule has 1 atom stereocenters. The maximum Gasteiger partial charge on any atom is 0.336 e. The zero-order valence-corrected chi connectivity index (χ0v) is 20.7. The topological polar surface area (TPSA) is 115 Å². The van der Waals surface area contributed by atoms with Crippen LogP contribution < -0.4 is 5.32 Å². The number of nitrogens with zero attached hydrogens (tertiary/aromatic N) is 1. The number of thiazole rings is 1. The van der Waals surface area contributed by atoms with Crippen LogP contribution in [0.5, 0.6) is 0 Å². The average Bonchev–Trinajstić information content (AvgIpc) is 3.30. The van der Waals surface area contributed by atoms with Gasteiger partial charge in [0, 0.05) is 45.0 Å². The van der Waals surface area contributed by atoms with E-state index in [0.717, 1.165) is 5.01 Å². The molecule has 0 bridgehead atoms. The highest BCUT2D eigenvalue weighted by atomic mass is 35.5. The van der Waals surface area contributed by atoms with Crippen molar-refractivity contribution in [3.63, 3.8) is 0 Å². The quantitative estimate of drug-likeness (QED) is 0.461. The molecule has 0 aliphatic carbocycles. The van der Waals surface area contributed by atoms with E-state index in [1.165, 1.54) is 18.4 Å². The molecule has 0 saturated carbocycles. The molecule has 2 aromatic rings. The summed E-state index contributed by atoms with van der Waals surface area (Å²) in [6.07, 6.45) is 1.93. The van der Waals surface area contributed by atoms with E-state index in [2.05, 4.69) is 10.3 Å². The molecule has 2 heterocycles. The summed E-state index contributed by atoms with van der Waals surface area (Å²) < 4.78 is 10.3. The second kappa shape index (κ2) is 11.5. The molecule has 1 aliphatic heterocycles. The summed E-state index contributed by atoms with van der Waals surface area (Å²) in [6, 6.07) is 4.79. The number of nitrogens with one attached hydrogen (secondary N) is 1. The number of halogens is 2. The lowest BCUT2D eigenvalue weighted by molar-refractivity contribution is -0.139. The summed E-state index contributed by atoms with van der Waals surface area (Å²) >= 11 is 14.5. The maximum atomic E-state index is 13.1. The van der Waals surface area contributed by atoms with Crippen LogP contribution in [0.25, 0.3) is 0 Å². The Morgan fingerprint density at radius 3 is 2.35 bits per heavy atom. The molecular formula is C23H22Cl2N2O6S. The second-order valence-electron chi connectivity index (χ2n) is 7.19. The Labute approximate surface area is 210 Å². The van der Waals surface area contributed by atoms with Gasteiger partial charge in [0.25, 0.3) is 0 Å². The van der Waals surface area contributed by atoms with Crippen LogP contribution in [0, 0.1) is 0 Å². The summed E-state index contributed by atoms with van der Waals surface area (Å²) in [4.78, 5) is 42.2. The number of ether oxygens (including phenoxy) is 2. The first-order valence-corrected chi connectivity index (χ1v) is 11.9. The third-order valence-corrected chi connectivity index (χ3v) is 6.62. The minimum absolute atomic E-state index is 0.0415. The van der Waals surface area contributed by atoms with Gasteiger partial charge >= 0.3 is 17.9 Å². The lowest BCUT2D eigenvalue weighted by atomic mass is 9.78. The molecule has 0 amide bonds. The predicted octanol–water partition coefficient (Wildman–Crippen LogP) is 4.49. The van der Waals surface area contributed by atoms with Gasteiger partial charge in [0.05, 0.1) is 42.2 Å². The Kier molecular flexibility index (Phi) is 8.71. The van der Waals surface area contributed by atoms with Crippen molar-refractivity contribution in [2.45, 2.75) is 32.1 Å². The molecule has 1 aromatic heterocycles. The Balaban J connectivity index is 2.28. The summed E-state index contributed by atoms with van der Waals surface area (Å²) in [6.45, 7) is 1.67. The molecule has 11 heteroatoms. The highest BCUT2D eigenvalue weighted by Gasteiger charge is 2.41. The van der Waals surface area contributed by atoms with Gasteiger partial charge in [-0.1, -0.05) is 29.3 Å². The molecule has 0 saturated heterocycles. The van der Waals surface area contributed by atoms with E-state index in [0.29, 0.717) is 18.5 Å². The van der Waals surface area contributed by atoms with E-state index >= 15 is 0 Å². The largest absolute Gasteiger partial charge is 0.481 e. The lowest BCUT2D eigenvalue weighted by Gasteiger charge is -2.33. The summed E-state index contributed by atoms with van der Waals surface area (Å²) in [5.74, 6) is -3.77. The minimum Gasteiger partial charge on any atom is -0.481 e. The molecule has 0 radical (unpaired) electrons. The molecule has 2 N–H and O–H groups in total. The number of allylic oxidation sites excluding steroid dienone is 1. The van der Waals surface area contributed by atoms with Crippen molar-refractivity contribution in [1.29, 1.82) is 0 Å². The summed E-state index contributed by atoms with van der Waals surface area (Å²) in [5, 5.41) is 15.6.